The largest absolute Gasteiger partial charge is 0.478 e. The third-order valence-electron chi connectivity index (χ3n) is 5.51. The van der Waals surface area contributed by atoms with Crippen molar-refractivity contribution in [1.82, 2.24) is 4.98 Å². The van der Waals surface area contributed by atoms with Crippen molar-refractivity contribution in [3.05, 3.63) is 22.8 Å². The standard InChI is InChI=1S/C16H19ClN2O2/c17-13-2-1-12(15(20)21)14(18-13)19-16-6-9-3-10(7-16)5-11(4-9)8-16/h1-2,9-11H,3-8H2,(H,18,19)(H,20,21). The minimum Gasteiger partial charge on any atom is -0.478 e. The Morgan fingerprint density at radius 3 is 2.29 bits per heavy atom. The molecule has 5 heteroatoms. The summed E-state index contributed by atoms with van der Waals surface area (Å²) in [5.74, 6) is 1.90. The molecular formula is C16H19ClN2O2. The van der Waals surface area contributed by atoms with Gasteiger partial charge in [-0.05, 0) is 68.4 Å². The minimum atomic E-state index is -0.952. The van der Waals surface area contributed by atoms with Crippen LogP contribution in [-0.2, 0) is 0 Å². The zero-order valence-corrected chi connectivity index (χ0v) is 12.6. The molecule has 0 radical (unpaired) electrons. The van der Waals surface area contributed by atoms with Crippen molar-refractivity contribution in [1.29, 1.82) is 0 Å². The maximum Gasteiger partial charge on any atom is 0.339 e. The Bertz CT molecular complexity index is 567. The van der Waals surface area contributed by atoms with Gasteiger partial charge in [-0.25, -0.2) is 9.78 Å². The van der Waals surface area contributed by atoms with E-state index in [4.69, 9.17) is 11.6 Å². The first-order valence-electron chi connectivity index (χ1n) is 7.71. The predicted octanol–water partition coefficient (Wildman–Crippen LogP) is 3.81. The molecule has 0 saturated heterocycles. The number of aromatic carboxylic acids is 1. The Morgan fingerprint density at radius 1 is 1.19 bits per heavy atom. The summed E-state index contributed by atoms with van der Waals surface area (Å²) < 4.78 is 0. The third kappa shape index (κ3) is 2.30. The molecule has 4 fully saturated rings. The summed E-state index contributed by atoms with van der Waals surface area (Å²) in [6.45, 7) is 0. The molecule has 1 heterocycles. The summed E-state index contributed by atoms with van der Waals surface area (Å²) in [5, 5.41) is 13.2. The second kappa shape index (κ2) is 4.60. The van der Waals surface area contributed by atoms with Crippen molar-refractivity contribution >= 4 is 23.4 Å². The Balaban J connectivity index is 1.67. The van der Waals surface area contributed by atoms with E-state index in [1.807, 2.05) is 0 Å². The summed E-state index contributed by atoms with van der Waals surface area (Å²) in [5.41, 5.74) is 0.256. The Kier molecular flexibility index (Phi) is 2.93. The summed E-state index contributed by atoms with van der Waals surface area (Å²) in [6.07, 6.45) is 7.51. The van der Waals surface area contributed by atoms with Crippen LogP contribution in [0.1, 0.15) is 48.9 Å². The van der Waals surface area contributed by atoms with Crippen molar-refractivity contribution in [2.24, 2.45) is 17.8 Å². The van der Waals surface area contributed by atoms with E-state index in [1.165, 1.54) is 25.3 Å². The number of carbonyl (C=O) groups is 1. The number of nitrogens with zero attached hydrogens (tertiary/aromatic N) is 1. The fraction of sp³-hybridized carbons (Fsp3) is 0.625. The zero-order valence-electron chi connectivity index (χ0n) is 11.8. The van der Waals surface area contributed by atoms with E-state index in [9.17, 15) is 9.90 Å². The summed E-state index contributed by atoms with van der Waals surface area (Å²) in [7, 11) is 0. The number of halogens is 1. The second-order valence-corrected chi connectivity index (χ2v) is 7.55. The van der Waals surface area contributed by atoms with Gasteiger partial charge in [-0.1, -0.05) is 11.6 Å². The van der Waals surface area contributed by atoms with Crippen LogP contribution in [0.2, 0.25) is 5.15 Å². The van der Waals surface area contributed by atoms with Crippen LogP contribution in [0.5, 0.6) is 0 Å². The number of aromatic nitrogens is 1. The lowest BCUT2D eigenvalue weighted by atomic mass is 9.53. The molecule has 1 aromatic heterocycles. The molecule has 0 atom stereocenters. The van der Waals surface area contributed by atoms with Crippen LogP contribution in [0.3, 0.4) is 0 Å². The topological polar surface area (TPSA) is 62.2 Å². The van der Waals surface area contributed by atoms with E-state index in [-0.39, 0.29) is 11.1 Å². The van der Waals surface area contributed by atoms with Crippen molar-refractivity contribution in [2.45, 2.75) is 44.1 Å². The summed E-state index contributed by atoms with van der Waals surface area (Å²) in [4.78, 5) is 15.6. The van der Waals surface area contributed by atoms with Gasteiger partial charge >= 0.3 is 5.97 Å². The van der Waals surface area contributed by atoms with Gasteiger partial charge in [-0.2, -0.15) is 0 Å². The fourth-order valence-corrected chi connectivity index (χ4v) is 5.37. The molecule has 4 bridgehead atoms. The molecule has 112 valence electrons. The van der Waals surface area contributed by atoms with Gasteiger partial charge in [-0.3, -0.25) is 0 Å². The number of carboxylic acid groups (broad SMARTS) is 1. The van der Waals surface area contributed by atoms with E-state index < -0.39 is 5.97 Å². The highest BCUT2D eigenvalue weighted by Crippen LogP contribution is 2.56. The highest BCUT2D eigenvalue weighted by Gasteiger charge is 2.51. The van der Waals surface area contributed by atoms with Gasteiger partial charge in [0, 0.05) is 5.54 Å². The SMILES string of the molecule is O=C(O)c1ccc(Cl)nc1NC12CC3CC(CC(C3)C1)C2. The normalized spacial score (nSPS) is 36.7. The molecule has 0 spiro atoms. The highest BCUT2D eigenvalue weighted by molar-refractivity contribution is 6.29. The Morgan fingerprint density at radius 2 is 1.76 bits per heavy atom. The third-order valence-corrected chi connectivity index (χ3v) is 5.72. The number of pyridine rings is 1. The highest BCUT2D eigenvalue weighted by atomic mass is 35.5. The number of hydrogen-bond donors (Lipinski definition) is 2. The van der Waals surface area contributed by atoms with Gasteiger partial charge < -0.3 is 10.4 Å². The van der Waals surface area contributed by atoms with Crippen molar-refractivity contribution in [2.75, 3.05) is 5.32 Å². The fourth-order valence-electron chi connectivity index (χ4n) is 5.22. The molecule has 21 heavy (non-hydrogen) atoms. The monoisotopic (exact) mass is 306 g/mol. The molecule has 5 rings (SSSR count). The van der Waals surface area contributed by atoms with Crippen LogP contribution in [0.4, 0.5) is 5.82 Å². The van der Waals surface area contributed by atoms with Crippen LogP contribution in [0.25, 0.3) is 0 Å². The average molecular weight is 307 g/mol. The molecule has 4 nitrogen and oxygen atoms in total. The molecule has 0 unspecified atom stereocenters. The van der Waals surface area contributed by atoms with Gasteiger partial charge in [0.1, 0.15) is 16.5 Å². The minimum absolute atomic E-state index is 0.0383. The van der Waals surface area contributed by atoms with Gasteiger partial charge in [0.2, 0.25) is 0 Å². The summed E-state index contributed by atoms with van der Waals surface area (Å²) in [6, 6.07) is 3.08. The van der Waals surface area contributed by atoms with Crippen LogP contribution in [-0.4, -0.2) is 21.6 Å². The quantitative estimate of drug-likeness (QED) is 0.834. The summed E-state index contributed by atoms with van der Waals surface area (Å²) >= 11 is 5.96. The van der Waals surface area contributed by atoms with Crippen LogP contribution >= 0.6 is 11.6 Å². The van der Waals surface area contributed by atoms with E-state index in [1.54, 1.807) is 6.07 Å². The van der Waals surface area contributed by atoms with E-state index in [0.29, 0.717) is 11.0 Å². The van der Waals surface area contributed by atoms with Crippen LogP contribution in [0, 0.1) is 17.8 Å². The van der Waals surface area contributed by atoms with Crippen molar-refractivity contribution in [3.8, 4) is 0 Å². The smallest absolute Gasteiger partial charge is 0.339 e. The molecule has 4 aliphatic rings. The first-order chi connectivity index (χ1) is 10.0. The van der Waals surface area contributed by atoms with Crippen LogP contribution in [0.15, 0.2) is 12.1 Å². The van der Waals surface area contributed by atoms with Crippen LogP contribution < -0.4 is 5.32 Å². The number of anilines is 1. The van der Waals surface area contributed by atoms with Gasteiger partial charge in [0.05, 0.1) is 0 Å². The molecule has 4 saturated carbocycles. The lowest BCUT2D eigenvalue weighted by Crippen LogP contribution is -2.55. The van der Waals surface area contributed by atoms with Gasteiger partial charge in [0.25, 0.3) is 0 Å². The van der Waals surface area contributed by atoms with E-state index >= 15 is 0 Å². The molecule has 4 aliphatic carbocycles. The lowest BCUT2D eigenvalue weighted by Gasteiger charge is -2.57. The second-order valence-electron chi connectivity index (χ2n) is 7.16. The lowest BCUT2D eigenvalue weighted by molar-refractivity contribution is 0.0105. The maximum atomic E-state index is 11.4. The first kappa shape index (κ1) is 13.4. The number of hydrogen-bond acceptors (Lipinski definition) is 3. The number of rotatable bonds is 3. The molecule has 0 aliphatic heterocycles. The van der Waals surface area contributed by atoms with E-state index in [0.717, 1.165) is 37.0 Å². The Labute approximate surface area is 128 Å². The first-order valence-corrected chi connectivity index (χ1v) is 8.09. The van der Waals surface area contributed by atoms with Gasteiger partial charge in [0.15, 0.2) is 0 Å². The molecule has 2 N–H and O–H groups in total. The number of carboxylic acids is 1. The maximum absolute atomic E-state index is 11.4. The Hall–Kier alpha value is -1.29. The molecule has 0 aromatic carbocycles. The predicted molar refractivity (Wildman–Crippen MR) is 80.7 cm³/mol. The number of nitrogens with one attached hydrogen (secondary N) is 1. The molecule has 0 amide bonds. The van der Waals surface area contributed by atoms with Gasteiger partial charge in [-0.15, -0.1) is 0 Å². The average Bonchev–Trinajstić information content (AvgIpc) is 2.35. The zero-order chi connectivity index (χ0) is 14.6. The van der Waals surface area contributed by atoms with Crippen molar-refractivity contribution < 1.29 is 9.90 Å². The van der Waals surface area contributed by atoms with E-state index in [2.05, 4.69) is 10.3 Å². The molecule has 1 aromatic rings. The molecular weight excluding hydrogens is 288 g/mol. The van der Waals surface area contributed by atoms with Crippen molar-refractivity contribution in [3.63, 3.8) is 0 Å².